The molecule has 9 N–H and O–H groups in total. The van der Waals surface area contributed by atoms with E-state index in [0.29, 0.717) is 36.8 Å². The van der Waals surface area contributed by atoms with Gasteiger partial charge in [0, 0.05) is 49.5 Å². The lowest BCUT2D eigenvalue weighted by Gasteiger charge is -2.27. The zero-order valence-corrected chi connectivity index (χ0v) is 37.6. The number of benzene rings is 1. The maximum absolute atomic E-state index is 13.8. The second-order valence-corrected chi connectivity index (χ2v) is 16.2. The van der Waals surface area contributed by atoms with E-state index in [1.54, 1.807) is 19.1 Å². The molecule has 0 spiro atoms. The molecule has 19 nitrogen and oxygen atoms in total. The smallest absolute Gasteiger partial charge is 0.336 e. The zero-order chi connectivity index (χ0) is 47.6. The number of fused-ring (bicyclic) bond motifs is 1. The number of carboxylic acids is 2. The fourth-order valence-corrected chi connectivity index (χ4v) is 7.00. The van der Waals surface area contributed by atoms with Gasteiger partial charge in [0.2, 0.25) is 35.4 Å². The number of rotatable bonds is 32. The molecule has 0 saturated carbocycles. The number of aryl methyl sites for hydroxylation is 1. The Labute approximate surface area is 373 Å². The Balaban J connectivity index is 2.13. The normalized spacial score (nSPS) is 13.4. The van der Waals surface area contributed by atoms with Gasteiger partial charge in [-0.25, -0.2) is 4.79 Å². The number of nitrogens with one attached hydrogen (secondary N) is 6. The number of carbonyl (C=O) groups is 8. The molecule has 0 saturated heterocycles. The summed E-state index contributed by atoms with van der Waals surface area (Å²) in [5.41, 5.74) is 0.461. The van der Waals surface area contributed by atoms with Crippen molar-refractivity contribution in [2.45, 2.75) is 174 Å². The lowest BCUT2D eigenvalue weighted by molar-refractivity contribution is -0.142. The predicted octanol–water partition coefficient (Wildman–Crippen LogP) is 3.71. The van der Waals surface area contributed by atoms with Gasteiger partial charge in [-0.1, -0.05) is 71.1 Å². The van der Waals surface area contributed by atoms with E-state index in [0.717, 1.165) is 39.5 Å². The minimum absolute atomic E-state index is 0.00872. The number of hydrogen-bond donors (Lipinski definition) is 9. The minimum Gasteiger partial charge on any atom is -0.481 e. The molecular formula is C45H68N6O13. The summed E-state index contributed by atoms with van der Waals surface area (Å²) in [5.74, 6) is -7.60. The fraction of sp³-hybridized carbons (Fsp3) is 0.622. The summed E-state index contributed by atoms with van der Waals surface area (Å²) in [4.78, 5) is 113. The van der Waals surface area contributed by atoms with Crippen LogP contribution in [0.2, 0.25) is 0 Å². The van der Waals surface area contributed by atoms with Gasteiger partial charge < -0.3 is 51.6 Å². The van der Waals surface area contributed by atoms with Crippen molar-refractivity contribution in [3.05, 3.63) is 40.2 Å². The summed E-state index contributed by atoms with van der Waals surface area (Å²) in [6.45, 7) is 6.44. The van der Waals surface area contributed by atoms with Crippen LogP contribution < -0.4 is 37.5 Å². The molecule has 0 bridgehead atoms. The first-order chi connectivity index (χ1) is 30.4. The molecule has 2 aromatic rings. The second kappa shape index (κ2) is 29.5. The van der Waals surface area contributed by atoms with Crippen LogP contribution in [0.5, 0.6) is 0 Å². The van der Waals surface area contributed by atoms with Crippen molar-refractivity contribution in [2.75, 3.05) is 11.9 Å². The van der Waals surface area contributed by atoms with E-state index in [1.165, 1.54) is 57.1 Å². The standard InChI is InChI=1S/C45H68N6O13/c1-5-6-7-8-9-10-11-12-13-14-15-19-37(54)46-24-17-16-18-33(42(60)48-31-20-21-32-28(2)25-40(59)64-36(32)26-31)49-44(62)35(27-39(57)58)50-45(63)41(29(3)52)51-43(61)34(47-30(4)53)22-23-38(55)56/h20-21,25-26,29,33-35,41,52H,5-19,22-24,27H2,1-4H3,(H,46,54)(H,47,53)(H,48,60)(H,49,62)(H,50,63)(H,51,61)(H,55,56)(H,57,58)/t29-,33+,34+,35+,41+/m1/s1. The van der Waals surface area contributed by atoms with Crippen molar-refractivity contribution in [3.63, 3.8) is 0 Å². The van der Waals surface area contributed by atoms with E-state index in [2.05, 4.69) is 38.8 Å². The molecule has 0 aliphatic carbocycles. The van der Waals surface area contributed by atoms with Crippen molar-refractivity contribution in [1.29, 1.82) is 0 Å². The quantitative estimate of drug-likeness (QED) is 0.0374. The van der Waals surface area contributed by atoms with Crippen molar-refractivity contribution in [3.8, 4) is 0 Å². The van der Waals surface area contributed by atoms with E-state index in [9.17, 15) is 53.4 Å². The third-order valence-corrected chi connectivity index (χ3v) is 10.5. The molecule has 0 aliphatic heterocycles. The first-order valence-electron chi connectivity index (χ1n) is 22.3. The Morgan fingerprint density at radius 2 is 1.25 bits per heavy atom. The second-order valence-electron chi connectivity index (χ2n) is 16.2. The highest BCUT2D eigenvalue weighted by Crippen LogP contribution is 2.21. The van der Waals surface area contributed by atoms with Crippen LogP contribution in [-0.2, 0) is 38.4 Å². The molecule has 19 heteroatoms. The van der Waals surface area contributed by atoms with Crippen LogP contribution in [0.25, 0.3) is 11.0 Å². The van der Waals surface area contributed by atoms with Gasteiger partial charge in [-0.05, 0) is 63.6 Å². The highest BCUT2D eigenvalue weighted by Gasteiger charge is 2.34. The van der Waals surface area contributed by atoms with Gasteiger partial charge in [-0.15, -0.1) is 0 Å². The van der Waals surface area contributed by atoms with Gasteiger partial charge >= 0.3 is 17.6 Å². The highest BCUT2D eigenvalue weighted by atomic mass is 16.4. The van der Waals surface area contributed by atoms with E-state index in [1.807, 2.05) is 0 Å². The molecule has 0 unspecified atom stereocenters. The molecule has 0 aliphatic rings. The average Bonchev–Trinajstić information content (AvgIpc) is 3.21. The van der Waals surface area contributed by atoms with Crippen molar-refractivity contribution in [1.82, 2.24) is 26.6 Å². The summed E-state index contributed by atoms with van der Waals surface area (Å²) >= 11 is 0. The molecule has 0 fully saturated rings. The van der Waals surface area contributed by atoms with Crippen LogP contribution in [0.4, 0.5) is 5.69 Å². The summed E-state index contributed by atoms with van der Waals surface area (Å²) in [6, 6.07) is -0.394. The van der Waals surface area contributed by atoms with Crippen LogP contribution >= 0.6 is 0 Å². The van der Waals surface area contributed by atoms with E-state index in [4.69, 9.17) is 9.52 Å². The monoisotopic (exact) mass is 900 g/mol. The average molecular weight is 901 g/mol. The largest absolute Gasteiger partial charge is 0.481 e. The molecule has 64 heavy (non-hydrogen) atoms. The lowest BCUT2D eigenvalue weighted by Crippen LogP contribution is -2.60. The van der Waals surface area contributed by atoms with E-state index in [-0.39, 0.29) is 30.0 Å². The number of anilines is 1. The summed E-state index contributed by atoms with van der Waals surface area (Å²) in [7, 11) is 0. The topological polar surface area (TPSA) is 300 Å². The number of carboxylic acid groups (broad SMARTS) is 2. The van der Waals surface area contributed by atoms with Crippen molar-refractivity contribution >= 4 is 64.0 Å². The lowest BCUT2D eigenvalue weighted by atomic mass is 10.0. The van der Waals surface area contributed by atoms with Gasteiger partial charge in [0.1, 0.15) is 29.8 Å². The Morgan fingerprint density at radius 3 is 1.84 bits per heavy atom. The van der Waals surface area contributed by atoms with Crippen LogP contribution in [0, 0.1) is 6.92 Å². The summed E-state index contributed by atoms with van der Waals surface area (Å²) < 4.78 is 5.29. The first-order valence-corrected chi connectivity index (χ1v) is 22.3. The fourth-order valence-electron chi connectivity index (χ4n) is 7.00. The van der Waals surface area contributed by atoms with Gasteiger partial charge in [0.25, 0.3) is 0 Å². The van der Waals surface area contributed by atoms with Gasteiger partial charge in [-0.2, -0.15) is 0 Å². The number of aliphatic hydroxyl groups is 1. The van der Waals surface area contributed by atoms with Crippen LogP contribution in [0.3, 0.4) is 0 Å². The predicted molar refractivity (Wildman–Crippen MR) is 238 cm³/mol. The van der Waals surface area contributed by atoms with Crippen LogP contribution in [0.15, 0.2) is 33.5 Å². The zero-order valence-electron chi connectivity index (χ0n) is 37.6. The third kappa shape index (κ3) is 21.5. The summed E-state index contributed by atoms with van der Waals surface area (Å²) in [6.07, 6.45) is 10.5. The Morgan fingerprint density at radius 1 is 0.656 bits per heavy atom. The number of unbranched alkanes of at least 4 members (excludes halogenated alkanes) is 11. The Bertz CT molecular complexity index is 1930. The third-order valence-electron chi connectivity index (χ3n) is 10.5. The van der Waals surface area contributed by atoms with Crippen LogP contribution in [-0.4, -0.2) is 99.5 Å². The number of aliphatic hydroxyl groups excluding tert-OH is 1. The number of carbonyl (C=O) groups excluding carboxylic acids is 6. The maximum atomic E-state index is 13.8. The minimum atomic E-state index is -1.83. The molecule has 1 aromatic carbocycles. The Kier molecular flexibility index (Phi) is 25.0. The molecule has 5 atom stereocenters. The van der Waals surface area contributed by atoms with Gasteiger partial charge in [0.05, 0.1) is 12.5 Å². The first kappa shape index (κ1) is 54.3. The molecule has 356 valence electrons. The number of hydrogen-bond acceptors (Lipinski definition) is 11. The van der Waals surface area contributed by atoms with Gasteiger partial charge in [-0.3, -0.25) is 38.4 Å². The van der Waals surface area contributed by atoms with E-state index < -0.39 is 90.2 Å². The van der Waals surface area contributed by atoms with E-state index >= 15 is 0 Å². The van der Waals surface area contributed by atoms with Crippen molar-refractivity contribution < 1.29 is 58.1 Å². The molecule has 2 rings (SSSR count). The summed E-state index contributed by atoms with van der Waals surface area (Å²) in [5, 5.41) is 44.5. The number of amides is 6. The van der Waals surface area contributed by atoms with Crippen molar-refractivity contribution in [2.24, 2.45) is 0 Å². The molecular weight excluding hydrogens is 833 g/mol. The number of aliphatic carboxylic acids is 2. The van der Waals surface area contributed by atoms with Gasteiger partial charge in [0.15, 0.2) is 0 Å². The highest BCUT2D eigenvalue weighted by molar-refractivity contribution is 6.01. The maximum Gasteiger partial charge on any atom is 0.336 e. The SMILES string of the molecule is CCCCCCCCCCCCCC(=O)NCCCC[C@H](NC(=O)[C@H](CC(=O)O)NC(=O)[C@@H](NC(=O)[C@H](CCC(=O)O)NC(C)=O)[C@@H](C)O)C(=O)Nc1ccc2c(C)cc(=O)oc2c1. The van der Waals surface area contributed by atoms with Crippen LogP contribution in [0.1, 0.15) is 142 Å². The molecule has 6 amide bonds. The Hall–Kier alpha value is -5.85. The molecule has 1 aromatic heterocycles. The molecule has 1 heterocycles. The molecule has 0 radical (unpaired) electrons.